The molecule has 0 amide bonds. The monoisotopic (exact) mass is 296 g/mol. The molecule has 0 aliphatic carbocycles. The fourth-order valence-electron chi connectivity index (χ4n) is 3.54. The molecule has 0 rings (SSSR count). The van der Waals surface area contributed by atoms with Crippen molar-refractivity contribution >= 4 is 0 Å². The van der Waals surface area contributed by atoms with Crippen LogP contribution in [0.3, 0.4) is 0 Å². The standard InChI is InChI=1S/C21H44/c1-5-9-12-13-14-15-18-21(17-11-7-3)19-20(8-4)16-10-6-2/h20-21H,5-19H2,1-4H3. The zero-order valence-corrected chi connectivity index (χ0v) is 15.8. The summed E-state index contributed by atoms with van der Waals surface area (Å²) in [5.41, 5.74) is 0. The molecule has 0 nitrogen and oxygen atoms in total. The number of rotatable bonds is 16. The number of hydrogen-bond donors (Lipinski definition) is 0. The van der Waals surface area contributed by atoms with Crippen LogP contribution >= 0.6 is 0 Å². The molecule has 0 saturated carbocycles. The largest absolute Gasteiger partial charge is 0.0654 e. The van der Waals surface area contributed by atoms with E-state index in [9.17, 15) is 0 Å². The molecule has 2 unspecified atom stereocenters. The molecular formula is C21H44. The molecule has 0 aliphatic rings. The fourth-order valence-corrected chi connectivity index (χ4v) is 3.54. The van der Waals surface area contributed by atoms with E-state index in [2.05, 4.69) is 27.7 Å². The first-order chi connectivity index (χ1) is 10.3. The molecule has 0 fully saturated rings. The van der Waals surface area contributed by atoms with Gasteiger partial charge in [0.15, 0.2) is 0 Å². The molecule has 0 heteroatoms. The minimum Gasteiger partial charge on any atom is -0.0654 e. The maximum Gasteiger partial charge on any atom is -0.0412 e. The molecular weight excluding hydrogens is 252 g/mol. The second-order valence-electron chi connectivity index (χ2n) is 7.22. The van der Waals surface area contributed by atoms with Gasteiger partial charge in [0.1, 0.15) is 0 Å². The summed E-state index contributed by atoms with van der Waals surface area (Å²) in [6.07, 6.45) is 21.7. The van der Waals surface area contributed by atoms with Crippen molar-refractivity contribution in [3.63, 3.8) is 0 Å². The Labute approximate surface area is 136 Å². The highest BCUT2D eigenvalue weighted by atomic mass is 14.2. The third-order valence-corrected chi connectivity index (χ3v) is 5.14. The average Bonchev–Trinajstić information content (AvgIpc) is 2.51. The summed E-state index contributed by atoms with van der Waals surface area (Å²) in [5, 5.41) is 0. The molecule has 2 atom stereocenters. The van der Waals surface area contributed by atoms with Crippen LogP contribution in [-0.4, -0.2) is 0 Å². The van der Waals surface area contributed by atoms with Crippen molar-refractivity contribution in [3.05, 3.63) is 0 Å². The van der Waals surface area contributed by atoms with Gasteiger partial charge in [-0.3, -0.25) is 0 Å². The lowest BCUT2D eigenvalue weighted by molar-refractivity contribution is 0.297. The van der Waals surface area contributed by atoms with E-state index in [1.807, 2.05) is 0 Å². The molecule has 0 aromatic carbocycles. The van der Waals surface area contributed by atoms with Gasteiger partial charge in [0, 0.05) is 0 Å². The Morgan fingerprint density at radius 1 is 0.476 bits per heavy atom. The molecule has 0 aromatic heterocycles. The van der Waals surface area contributed by atoms with Crippen LogP contribution in [0.25, 0.3) is 0 Å². The van der Waals surface area contributed by atoms with Gasteiger partial charge in [-0.05, 0) is 18.3 Å². The average molecular weight is 297 g/mol. The molecule has 21 heavy (non-hydrogen) atoms. The normalized spacial score (nSPS) is 14.3. The van der Waals surface area contributed by atoms with Gasteiger partial charge in [-0.15, -0.1) is 0 Å². The highest BCUT2D eigenvalue weighted by molar-refractivity contribution is 4.67. The molecule has 0 bridgehead atoms. The SMILES string of the molecule is CCCCCCCCC(CCCC)CC(CC)CCCC. The van der Waals surface area contributed by atoms with Crippen LogP contribution in [0.1, 0.15) is 124 Å². The Morgan fingerprint density at radius 3 is 1.52 bits per heavy atom. The van der Waals surface area contributed by atoms with E-state index >= 15 is 0 Å². The summed E-state index contributed by atoms with van der Waals surface area (Å²) in [4.78, 5) is 0. The smallest absolute Gasteiger partial charge is 0.0412 e. The van der Waals surface area contributed by atoms with Gasteiger partial charge in [0.25, 0.3) is 0 Å². The van der Waals surface area contributed by atoms with E-state index in [4.69, 9.17) is 0 Å². The highest BCUT2D eigenvalue weighted by Crippen LogP contribution is 2.28. The summed E-state index contributed by atoms with van der Waals surface area (Å²) >= 11 is 0. The molecule has 128 valence electrons. The van der Waals surface area contributed by atoms with Crippen molar-refractivity contribution in [2.75, 3.05) is 0 Å². The second-order valence-corrected chi connectivity index (χ2v) is 7.22. The maximum atomic E-state index is 2.40. The third kappa shape index (κ3) is 13.4. The van der Waals surface area contributed by atoms with Crippen molar-refractivity contribution in [1.29, 1.82) is 0 Å². The van der Waals surface area contributed by atoms with Crippen molar-refractivity contribution in [1.82, 2.24) is 0 Å². The van der Waals surface area contributed by atoms with Crippen LogP contribution in [0.2, 0.25) is 0 Å². The van der Waals surface area contributed by atoms with Crippen LogP contribution < -0.4 is 0 Å². The minimum atomic E-state index is 1.01. The second kappa shape index (κ2) is 16.4. The Morgan fingerprint density at radius 2 is 0.952 bits per heavy atom. The topological polar surface area (TPSA) is 0 Å². The lowest BCUT2D eigenvalue weighted by Gasteiger charge is -2.23. The first-order valence-electron chi connectivity index (χ1n) is 10.3. The van der Waals surface area contributed by atoms with E-state index in [1.54, 1.807) is 0 Å². The van der Waals surface area contributed by atoms with Gasteiger partial charge in [0.2, 0.25) is 0 Å². The lowest BCUT2D eigenvalue weighted by atomic mass is 9.83. The zero-order valence-electron chi connectivity index (χ0n) is 15.8. The molecule has 0 aliphatic heterocycles. The van der Waals surface area contributed by atoms with E-state index in [-0.39, 0.29) is 0 Å². The number of hydrogen-bond acceptors (Lipinski definition) is 0. The molecule has 0 aromatic rings. The molecule has 0 saturated heterocycles. The van der Waals surface area contributed by atoms with E-state index in [0.29, 0.717) is 0 Å². The first kappa shape index (κ1) is 21.0. The highest BCUT2D eigenvalue weighted by Gasteiger charge is 2.14. The van der Waals surface area contributed by atoms with E-state index in [1.165, 1.54) is 96.3 Å². The molecule has 0 N–H and O–H groups in total. The van der Waals surface area contributed by atoms with Crippen molar-refractivity contribution in [2.45, 2.75) is 124 Å². The predicted molar refractivity (Wildman–Crippen MR) is 98.9 cm³/mol. The Hall–Kier alpha value is 0. The Kier molecular flexibility index (Phi) is 16.4. The van der Waals surface area contributed by atoms with Crippen LogP contribution in [0, 0.1) is 11.8 Å². The summed E-state index contributed by atoms with van der Waals surface area (Å²) in [5.74, 6) is 2.03. The lowest BCUT2D eigenvalue weighted by Crippen LogP contribution is -2.09. The Bertz CT molecular complexity index is 184. The third-order valence-electron chi connectivity index (χ3n) is 5.14. The quantitative estimate of drug-likeness (QED) is 0.252. The van der Waals surface area contributed by atoms with Crippen LogP contribution in [0.4, 0.5) is 0 Å². The van der Waals surface area contributed by atoms with Gasteiger partial charge in [-0.2, -0.15) is 0 Å². The van der Waals surface area contributed by atoms with Crippen LogP contribution in [0.5, 0.6) is 0 Å². The van der Waals surface area contributed by atoms with Gasteiger partial charge in [-0.1, -0.05) is 118 Å². The van der Waals surface area contributed by atoms with E-state index in [0.717, 1.165) is 11.8 Å². The van der Waals surface area contributed by atoms with Gasteiger partial charge < -0.3 is 0 Å². The summed E-state index contributed by atoms with van der Waals surface area (Å²) in [6.45, 7) is 9.39. The Balaban J connectivity index is 3.93. The zero-order chi connectivity index (χ0) is 15.8. The van der Waals surface area contributed by atoms with Crippen LogP contribution in [-0.2, 0) is 0 Å². The molecule has 0 radical (unpaired) electrons. The molecule has 0 spiro atoms. The van der Waals surface area contributed by atoms with Gasteiger partial charge in [-0.25, -0.2) is 0 Å². The van der Waals surface area contributed by atoms with E-state index < -0.39 is 0 Å². The minimum absolute atomic E-state index is 1.01. The van der Waals surface area contributed by atoms with Gasteiger partial charge in [0.05, 0.1) is 0 Å². The summed E-state index contributed by atoms with van der Waals surface area (Å²) in [7, 11) is 0. The number of unbranched alkanes of at least 4 members (excludes halogenated alkanes) is 7. The maximum absolute atomic E-state index is 2.40. The van der Waals surface area contributed by atoms with Gasteiger partial charge >= 0.3 is 0 Å². The van der Waals surface area contributed by atoms with Crippen molar-refractivity contribution in [3.8, 4) is 0 Å². The summed E-state index contributed by atoms with van der Waals surface area (Å²) in [6, 6.07) is 0. The molecule has 0 heterocycles. The van der Waals surface area contributed by atoms with Crippen molar-refractivity contribution < 1.29 is 0 Å². The van der Waals surface area contributed by atoms with Crippen LogP contribution in [0.15, 0.2) is 0 Å². The fraction of sp³-hybridized carbons (Fsp3) is 1.00. The summed E-state index contributed by atoms with van der Waals surface area (Å²) < 4.78 is 0. The first-order valence-corrected chi connectivity index (χ1v) is 10.3. The predicted octanol–water partition coefficient (Wildman–Crippen LogP) is 8.15. The van der Waals surface area contributed by atoms with Crippen molar-refractivity contribution in [2.24, 2.45) is 11.8 Å².